The molecule has 0 aliphatic rings. The molecule has 2 N–H and O–H groups in total. The molecule has 0 unspecified atom stereocenters. The molecule has 0 saturated carbocycles. The molecular formula is C17H19ClN2O. The van der Waals surface area contributed by atoms with Gasteiger partial charge in [0.25, 0.3) is 0 Å². The predicted molar refractivity (Wildman–Crippen MR) is 88.7 cm³/mol. The molecule has 1 amide bonds. The fraction of sp³-hybridized carbons (Fsp3) is 0.235. The fourth-order valence-electron chi connectivity index (χ4n) is 2.21. The Morgan fingerprint density at radius 3 is 2.62 bits per heavy atom. The van der Waals surface area contributed by atoms with Crippen molar-refractivity contribution < 1.29 is 4.79 Å². The molecule has 0 radical (unpaired) electrons. The zero-order valence-electron chi connectivity index (χ0n) is 12.1. The van der Waals surface area contributed by atoms with E-state index < -0.39 is 0 Å². The lowest BCUT2D eigenvalue weighted by atomic mass is 10.1. The molecule has 2 aromatic rings. The Kier molecular flexibility index (Phi) is 5.23. The average Bonchev–Trinajstić information content (AvgIpc) is 2.47. The fourth-order valence-corrected chi connectivity index (χ4v) is 2.42. The Morgan fingerprint density at radius 1 is 1.19 bits per heavy atom. The van der Waals surface area contributed by atoms with Crippen LogP contribution in [0.15, 0.2) is 48.5 Å². The van der Waals surface area contributed by atoms with Crippen molar-refractivity contribution in [2.75, 3.05) is 17.2 Å². The van der Waals surface area contributed by atoms with Gasteiger partial charge in [0.2, 0.25) is 5.91 Å². The topological polar surface area (TPSA) is 46.3 Å². The molecule has 0 bridgehead atoms. The van der Waals surface area contributed by atoms with Gasteiger partial charge in [-0.15, -0.1) is 0 Å². The second-order valence-corrected chi connectivity index (χ2v) is 5.32. The van der Waals surface area contributed by atoms with Crippen LogP contribution in [0.2, 0.25) is 5.02 Å². The van der Waals surface area contributed by atoms with Crippen molar-refractivity contribution in [2.45, 2.75) is 19.8 Å². The minimum atomic E-state index is 0.0237. The number of nitrogen functional groups attached to an aromatic ring is 1. The number of hydrogen-bond donors (Lipinski definition) is 1. The van der Waals surface area contributed by atoms with Gasteiger partial charge in [-0.2, -0.15) is 0 Å². The molecule has 0 aromatic heterocycles. The van der Waals surface area contributed by atoms with E-state index in [2.05, 4.69) is 0 Å². The Hall–Kier alpha value is -2.00. The summed E-state index contributed by atoms with van der Waals surface area (Å²) in [5, 5.41) is 0.620. The molecule has 0 aliphatic heterocycles. The van der Waals surface area contributed by atoms with Gasteiger partial charge in [-0.25, -0.2) is 0 Å². The van der Waals surface area contributed by atoms with Crippen LogP contribution in [-0.2, 0) is 11.2 Å². The van der Waals surface area contributed by atoms with Crippen molar-refractivity contribution in [3.63, 3.8) is 0 Å². The van der Waals surface area contributed by atoms with E-state index in [1.54, 1.807) is 11.0 Å². The molecule has 110 valence electrons. The normalized spacial score (nSPS) is 10.4. The Labute approximate surface area is 130 Å². The van der Waals surface area contributed by atoms with Crippen LogP contribution in [0.4, 0.5) is 11.4 Å². The van der Waals surface area contributed by atoms with Crippen LogP contribution in [0.25, 0.3) is 0 Å². The van der Waals surface area contributed by atoms with Crippen LogP contribution in [0.1, 0.15) is 18.9 Å². The number of nitrogens with zero attached hydrogens (tertiary/aromatic N) is 1. The van der Waals surface area contributed by atoms with Crippen LogP contribution in [0.5, 0.6) is 0 Å². The van der Waals surface area contributed by atoms with E-state index >= 15 is 0 Å². The maximum atomic E-state index is 12.6. The molecule has 21 heavy (non-hydrogen) atoms. The average molecular weight is 303 g/mol. The first-order chi connectivity index (χ1) is 10.1. The van der Waals surface area contributed by atoms with Gasteiger partial charge >= 0.3 is 0 Å². The Morgan fingerprint density at radius 2 is 1.95 bits per heavy atom. The molecular weight excluding hydrogens is 284 g/mol. The summed E-state index contributed by atoms with van der Waals surface area (Å²) in [6.07, 6.45) is 1.16. The quantitative estimate of drug-likeness (QED) is 0.851. The molecule has 0 aliphatic carbocycles. The summed E-state index contributed by atoms with van der Waals surface area (Å²) in [6, 6.07) is 14.8. The Balaban J connectivity index is 2.22. The maximum Gasteiger partial charge on any atom is 0.231 e. The molecule has 0 heterocycles. The number of nitrogens with two attached hydrogens (primary N) is 1. The molecule has 0 fully saturated rings. The van der Waals surface area contributed by atoms with Gasteiger partial charge in [-0.05, 0) is 36.2 Å². The summed E-state index contributed by atoms with van der Waals surface area (Å²) in [5.41, 5.74) is 8.13. The summed E-state index contributed by atoms with van der Waals surface area (Å²) >= 11 is 6.13. The smallest absolute Gasteiger partial charge is 0.231 e. The first-order valence-electron chi connectivity index (χ1n) is 7.01. The van der Waals surface area contributed by atoms with E-state index in [9.17, 15) is 4.79 Å². The number of halogens is 1. The Bertz CT molecular complexity index is 628. The van der Waals surface area contributed by atoms with Crippen LogP contribution in [0, 0.1) is 0 Å². The van der Waals surface area contributed by atoms with Gasteiger partial charge < -0.3 is 10.6 Å². The van der Waals surface area contributed by atoms with E-state index in [1.807, 2.05) is 49.4 Å². The van der Waals surface area contributed by atoms with E-state index in [0.717, 1.165) is 17.7 Å². The summed E-state index contributed by atoms with van der Waals surface area (Å²) < 4.78 is 0. The number of carbonyl (C=O) groups excluding carboxylic acids is 1. The van der Waals surface area contributed by atoms with Crippen molar-refractivity contribution >= 4 is 28.9 Å². The monoisotopic (exact) mass is 302 g/mol. The van der Waals surface area contributed by atoms with E-state index in [4.69, 9.17) is 17.3 Å². The summed E-state index contributed by atoms with van der Waals surface area (Å²) in [7, 11) is 0. The zero-order chi connectivity index (χ0) is 15.2. The largest absolute Gasteiger partial charge is 0.399 e. The van der Waals surface area contributed by atoms with Crippen molar-refractivity contribution in [3.05, 3.63) is 59.1 Å². The highest BCUT2D eigenvalue weighted by Crippen LogP contribution is 2.21. The van der Waals surface area contributed by atoms with Gasteiger partial charge in [0, 0.05) is 22.9 Å². The van der Waals surface area contributed by atoms with Gasteiger partial charge in [0.05, 0.1) is 6.42 Å². The van der Waals surface area contributed by atoms with E-state index in [-0.39, 0.29) is 12.3 Å². The summed E-state index contributed by atoms with van der Waals surface area (Å²) in [5.74, 6) is 0.0237. The van der Waals surface area contributed by atoms with Crippen LogP contribution < -0.4 is 10.6 Å². The standard InChI is InChI=1S/C17H19ClN2O/c1-2-10-20(15-8-5-7-14(19)12-15)17(21)11-13-6-3-4-9-16(13)18/h3-9,12H,2,10-11,19H2,1H3. The number of anilines is 2. The van der Waals surface area contributed by atoms with Crippen molar-refractivity contribution in [2.24, 2.45) is 0 Å². The van der Waals surface area contributed by atoms with Crippen molar-refractivity contribution in [3.8, 4) is 0 Å². The van der Waals surface area contributed by atoms with Crippen molar-refractivity contribution in [1.29, 1.82) is 0 Å². The zero-order valence-corrected chi connectivity index (χ0v) is 12.8. The van der Waals surface area contributed by atoms with Crippen molar-refractivity contribution in [1.82, 2.24) is 0 Å². The molecule has 3 nitrogen and oxygen atoms in total. The highest BCUT2D eigenvalue weighted by molar-refractivity contribution is 6.31. The van der Waals surface area contributed by atoms with Gasteiger partial charge in [-0.3, -0.25) is 4.79 Å². The van der Waals surface area contributed by atoms with Gasteiger partial charge in [0.1, 0.15) is 0 Å². The molecule has 2 rings (SSSR count). The first-order valence-corrected chi connectivity index (χ1v) is 7.39. The van der Waals surface area contributed by atoms with Gasteiger partial charge in [0.15, 0.2) is 0 Å². The second-order valence-electron chi connectivity index (χ2n) is 4.91. The highest BCUT2D eigenvalue weighted by atomic mass is 35.5. The third-order valence-electron chi connectivity index (χ3n) is 3.23. The lowest BCUT2D eigenvalue weighted by molar-refractivity contribution is -0.118. The molecule has 2 aromatic carbocycles. The number of rotatable bonds is 5. The second kappa shape index (κ2) is 7.14. The van der Waals surface area contributed by atoms with Gasteiger partial charge in [-0.1, -0.05) is 42.8 Å². The maximum absolute atomic E-state index is 12.6. The minimum Gasteiger partial charge on any atom is -0.399 e. The minimum absolute atomic E-state index is 0.0237. The predicted octanol–water partition coefficient (Wildman–Crippen LogP) is 3.91. The first kappa shape index (κ1) is 15.4. The van der Waals surface area contributed by atoms with Crippen LogP contribution >= 0.6 is 11.6 Å². The van der Waals surface area contributed by atoms with E-state index in [1.165, 1.54) is 0 Å². The summed E-state index contributed by atoms with van der Waals surface area (Å²) in [4.78, 5) is 14.4. The third kappa shape index (κ3) is 3.99. The lowest BCUT2D eigenvalue weighted by Gasteiger charge is -2.23. The van der Waals surface area contributed by atoms with E-state index in [0.29, 0.717) is 17.3 Å². The van der Waals surface area contributed by atoms with Crippen LogP contribution in [0.3, 0.4) is 0 Å². The SMILES string of the molecule is CCCN(C(=O)Cc1ccccc1Cl)c1cccc(N)c1. The number of benzene rings is 2. The number of hydrogen-bond acceptors (Lipinski definition) is 2. The third-order valence-corrected chi connectivity index (χ3v) is 3.60. The van der Waals surface area contributed by atoms with Crippen LogP contribution in [-0.4, -0.2) is 12.5 Å². The molecule has 0 atom stereocenters. The highest BCUT2D eigenvalue weighted by Gasteiger charge is 2.16. The summed E-state index contributed by atoms with van der Waals surface area (Å²) in [6.45, 7) is 2.70. The lowest BCUT2D eigenvalue weighted by Crippen LogP contribution is -2.33. The number of amides is 1. The molecule has 0 spiro atoms. The molecule has 4 heteroatoms. The number of carbonyl (C=O) groups is 1. The molecule has 0 saturated heterocycles.